The Morgan fingerprint density at radius 3 is 2.76 bits per heavy atom. The van der Waals surface area contributed by atoms with Crippen molar-refractivity contribution in [1.29, 1.82) is 0 Å². The van der Waals surface area contributed by atoms with Crippen LogP contribution >= 0.6 is 0 Å². The van der Waals surface area contributed by atoms with Crippen LogP contribution in [0.4, 0.5) is 4.39 Å². The van der Waals surface area contributed by atoms with Gasteiger partial charge in [0.15, 0.2) is 0 Å². The van der Waals surface area contributed by atoms with Crippen molar-refractivity contribution < 1.29 is 13.9 Å². The van der Waals surface area contributed by atoms with Crippen LogP contribution in [0.3, 0.4) is 0 Å². The third-order valence-corrected chi connectivity index (χ3v) is 2.62. The molecular weight excluding hydrogens is 223 g/mol. The van der Waals surface area contributed by atoms with Gasteiger partial charge >= 0.3 is 0 Å². The summed E-state index contributed by atoms with van der Waals surface area (Å²) >= 11 is 0. The molecule has 0 saturated carbocycles. The molecule has 0 aliphatic rings. The van der Waals surface area contributed by atoms with E-state index in [0.29, 0.717) is 24.3 Å². The zero-order valence-corrected chi connectivity index (χ0v) is 10.2. The van der Waals surface area contributed by atoms with Crippen molar-refractivity contribution in [2.45, 2.75) is 18.9 Å². The maximum Gasteiger partial charge on any atom is 0.131 e. The van der Waals surface area contributed by atoms with Crippen molar-refractivity contribution >= 4 is 0 Å². The molecule has 17 heavy (non-hydrogen) atoms. The van der Waals surface area contributed by atoms with Gasteiger partial charge in [0.1, 0.15) is 11.6 Å². The molecule has 0 amide bonds. The van der Waals surface area contributed by atoms with E-state index in [2.05, 4.69) is 5.43 Å². The SMILES string of the molecule is COCCCC(NN)c1c(F)cccc1OC. The molecule has 4 nitrogen and oxygen atoms in total. The third-order valence-electron chi connectivity index (χ3n) is 2.62. The molecule has 0 spiro atoms. The number of hydrazine groups is 1. The first-order chi connectivity index (χ1) is 8.24. The molecular formula is C12H19FN2O2. The number of hydrogen-bond donors (Lipinski definition) is 2. The number of hydrogen-bond acceptors (Lipinski definition) is 4. The van der Waals surface area contributed by atoms with Crippen molar-refractivity contribution in [2.75, 3.05) is 20.8 Å². The largest absolute Gasteiger partial charge is 0.496 e. The minimum atomic E-state index is -0.315. The molecule has 5 heteroatoms. The molecule has 0 saturated heterocycles. The minimum absolute atomic E-state index is 0.277. The Balaban J connectivity index is 2.86. The molecule has 0 aliphatic carbocycles. The number of benzene rings is 1. The fraction of sp³-hybridized carbons (Fsp3) is 0.500. The average Bonchev–Trinajstić information content (AvgIpc) is 2.35. The maximum absolute atomic E-state index is 13.8. The molecule has 0 fully saturated rings. The van der Waals surface area contributed by atoms with Crippen molar-refractivity contribution in [1.82, 2.24) is 5.43 Å². The summed E-state index contributed by atoms with van der Waals surface area (Å²) < 4.78 is 23.9. The normalized spacial score (nSPS) is 12.5. The summed E-state index contributed by atoms with van der Waals surface area (Å²) in [4.78, 5) is 0. The quantitative estimate of drug-likeness (QED) is 0.434. The highest BCUT2D eigenvalue weighted by molar-refractivity contribution is 5.37. The van der Waals surface area contributed by atoms with Crippen molar-refractivity contribution in [3.8, 4) is 5.75 Å². The molecule has 0 bridgehead atoms. The van der Waals surface area contributed by atoms with Crippen LogP contribution in [0.1, 0.15) is 24.4 Å². The fourth-order valence-corrected chi connectivity index (χ4v) is 1.78. The van der Waals surface area contributed by atoms with Gasteiger partial charge in [-0.3, -0.25) is 11.3 Å². The van der Waals surface area contributed by atoms with E-state index >= 15 is 0 Å². The molecule has 0 aromatic heterocycles. The lowest BCUT2D eigenvalue weighted by molar-refractivity contribution is 0.188. The summed E-state index contributed by atoms with van der Waals surface area (Å²) in [5.41, 5.74) is 3.08. The molecule has 1 unspecified atom stereocenters. The van der Waals surface area contributed by atoms with E-state index in [1.807, 2.05) is 0 Å². The third kappa shape index (κ3) is 3.66. The molecule has 0 radical (unpaired) electrons. The molecule has 1 atom stereocenters. The predicted octanol–water partition coefficient (Wildman–Crippen LogP) is 1.77. The van der Waals surface area contributed by atoms with Gasteiger partial charge in [0.25, 0.3) is 0 Å². The number of methoxy groups -OCH3 is 2. The van der Waals surface area contributed by atoms with Crippen LogP contribution in [-0.4, -0.2) is 20.8 Å². The van der Waals surface area contributed by atoms with Gasteiger partial charge in [-0.15, -0.1) is 0 Å². The summed E-state index contributed by atoms with van der Waals surface area (Å²) in [7, 11) is 3.15. The van der Waals surface area contributed by atoms with Gasteiger partial charge in [-0.25, -0.2) is 4.39 Å². The monoisotopic (exact) mass is 242 g/mol. The first-order valence-corrected chi connectivity index (χ1v) is 5.52. The van der Waals surface area contributed by atoms with Crippen molar-refractivity contribution in [3.63, 3.8) is 0 Å². The molecule has 1 aromatic rings. The van der Waals surface area contributed by atoms with E-state index in [4.69, 9.17) is 15.3 Å². The predicted molar refractivity (Wildman–Crippen MR) is 64.1 cm³/mol. The van der Waals surface area contributed by atoms with Gasteiger partial charge < -0.3 is 9.47 Å². The van der Waals surface area contributed by atoms with Gasteiger partial charge in [-0.1, -0.05) is 6.07 Å². The molecule has 3 N–H and O–H groups in total. The van der Waals surface area contributed by atoms with Crippen LogP contribution in [0.25, 0.3) is 0 Å². The van der Waals surface area contributed by atoms with Crippen LogP contribution in [0, 0.1) is 5.82 Å². The highest BCUT2D eigenvalue weighted by Gasteiger charge is 2.18. The van der Waals surface area contributed by atoms with Gasteiger partial charge in [0.2, 0.25) is 0 Å². The molecule has 0 aliphatic heterocycles. The van der Waals surface area contributed by atoms with Gasteiger partial charge in [-0.05, 0) is 25.0 Å². The van der Waals surface area contributed by atoms with Crippen LogP contribution < -0.4 is 16.0 Å². The average molecular weight is 242 g/mol. The highest BCUT2D eigenvalue weighted by atomic mass is 19.1. The van der Waals surface area contributed by atoms with Gasteiger partial charge in [0, 0.05) is 19.3 Å². The Hall–Kier alpha value is -1.17. The van der Waals surface area contributed by atoms with Crippen LogP contribution in [0.2, 0.25) is 0 Å². The maximum atomic E-state index is 13.8. The lowest BCUT2D eigenvalue weighted by Crippen LogP contribution is -2.29. The topological polar surface area (TPSA) is 56.5 Å². The number of nitrogens with two attached hydrogens (primary N) is 1. The second-order valence-electron chi connectivity index (χ2n) is 3.71. The Labute approximate surface area is 101 Å². The molecule has 0 heterocycles. The highest BCUT2D eigenvalue weighted by Crippen LogP contribution is 2.29. The summed E-state index contributed by atoms with van der Waals surface area (Å²) in [6, 6.07) is 4.46. The van der Waals surface area contributed by atoms with E-state index < -0.39 is 0 Å². The summed E-state index contributed by atoms with van der Waals surface area (Å²) in [5.74, 6) is 5.66. The molecule has 1 aromatic carbocycles. The van der Waals surface area contributed by atoms with E-state index in [9.17, 15) is 4.39 Å². The van der Waals surface area contributed by atoms with E-state index in [1.54, 1.807) is 19.2 Å². The Morgan fingerprint density at radius 2 is 2.18 bits per heavy atom. The van der Waals surface area contributed by atoms with Gasteiger partial charge in [0.05, 0.1) is 13.2 Å². The summed E-state index contributed by atoms with van der Waals surface area (Å²) in [5, 5.41) is 0. The van der Waals surface area contributed by atoms with E-state index in [1.165, 1.54) is 13.2 Å². The fourth-order valence-electron chi connectivity index (χ4n) is 1.78. The molecule has 1 rings (SSSR count). The van der Waals surface area contributed by atoms with E-state index in [-0.39, 0.29) is 11.9 Å². The van der Waals surface area contributed by atoms with E-state index in [0.717, 1.165) is 6.42 Å². The summed E-state index contributed by atoms with van der Waals surface area (Å²) in [6.45, 7) is 0.620. The standard InChI is InChI=1S/C12H19FN2O2/c1-16-8-4-6-10(15-14)12-9(13)5-3-7-11(12)17-2/h3,5,7,10,15H,4,6,8,14H2,1-2H3. The first kappa shape index (κ1) is 13.9. The zero-order chi connectivity index (χ0) is 12.7. The number of halogens is 1. The Bertz CT molecular complexity index is 347. The number of ether oxygens (including phenoxy) is 2. The summed E-state index contributed by atoms with van der Waals surface area (Å²) in [6.07, 6.45) is 1.48. The number of rotatable bonds is 7. The Morgan fingerprint density at radius 1 is 1.41 bits per heavy atom. The smallest absolute Gasteiger partial charge is 0.131 e. The first-order valence-electron chi connectivity index (χ1n) is 5.52. The van der Waals surface area contributed by atoms with Crippen molar-refractivity contribution in [3.05, 3.63) is 29.6 Å². The minimum Gasteiger partial charge on any atom is -0.496 e. The zero-order valence-electron chi connectivity index (χ0n) is 10.2. The molecule has 96 valence electrons. The van der Waals surface area contributed by atoms with Gasteiger partial charge in [-0.2, -0.15) is 0 Å². The lowest BCUT2D eigenvalue weighted by atomic mass is 10.0. The van der Waals surface area contributed by atoms with Crippen LogP contribution in [0.5, 0.6) is 5.75 Å². The second-order valence-corrected chi connectivity index (χ2v) is 3.71. The van der Waals surface area contributed by atoms with Crippen molar-refractivity contribution in [2.24, 2.45) is 5.84 Å². The van der Waals surface area contributed by atoms with Crippen LogP contribution in [-0.2, 0) is 4.74 Å². The second kappa shape index (κ2) is 7.21. The Kier molecular flexibility index (Phi) is 5.90. The lowest BCUT2D eigenvalue weighted by Gasteiger charge is -2.19. The number of nitrogens with one attached hydrogen (secondary N) is 1. The van der Waals surface area contributed by atoms with Crippen LogP contribution in [0.15, 0.2) is 18.2 Å².